The van der Waals surface area contributed by atoms with Gasteiger partial charge in [-0.15, -0.1) is 5.10 Å². The number of rotatable bonds is 0. The summed E-state index contributed by atoms with van der Waals surface area (Å²) < 4.78 is 6.97. The molecule has 2 rings (SSSR count). The van der Waals surface area contributed by atoms with Crippen molar-refractivity contribution in [2.75, 3.05) is 6.61 Å². The minimum Gasteiger partial charge on any atom is -0.477 e. The molecule has 4 heteroatoms. The van der Waals surface area contributed by atoms with Crippen LogP contribution in [0.2, 0.25) is 0 Å². The standard InChI is InChI=1S/C5H7N3O/c1-2-8-5(9-3-1)4-6-7-8/h4H,1-3H2. The monoisotopic (exact) mass is 125 g/mol. The van der Waals surface area contributed by atoms with Crippen LogP contribution in [0.4, 0.5) is 0 Å². The number of ether oxygens (including phenoxy) is 1. The van der Waals surface area contributed by atoms with E-state index >= 15 is 0 Å². The van der Waals surface area contributed by atoms with Crippen molar-refractivity contribution in [1.29, 1.82) is 0 Å². The maximum absolute atomic E-state index is 5.20. The van der Waals surface area contributed by atoms with Crippen LogP contribution < -0.4 is 4.74 Å². The minimum atomic E-state index is 0.793. The van der Waals surface area contributed by atoms with Gasteiger partial charge >= 0.3 is 0 Å². The molecule has 1 aliphatic heterocycles. The number of nitrogens with zero attached hydrogens (tertiary/aromatic N) is 3. The molecule has 0 aromatic carbocycles. The van der Waals surface area contributed by atoms with Crippen molar-refractivity contribution in [3.05, 3.63) is 6.20 Å². The molecule has 0 unspecified atom stereocenters. The molecule has 0 amide bonds. The molecule has 48 valence electrons. The second kappa shape index (κ2) is 1.72. The first-order valence-electron chi connectivity index (χ1n) is 2.98. The van der Waals surface area contributed by atoms with Crippen molar-refractivity contribution < 1.29 is 4.74 Å². The third-order valence-electron chi connectivity index (χ3n) is 1.35. The number of fused-ring (bicyclic) bond motifs is 1. The van der Waals surface area contributed by atoms with Gasteiger partial charge in [0.2, 0.25) is 5.88 Å². The van der Waals surface area contributed by atoms with Gasteiger partial charge in [-0.3, -0.25) is 0 Å². The highest BCUT2D eigenvalue weighted by Gasteiger charge is 2.08. The molecule has 9 heavy (non-hydrogen) atoms. The highest BCUT2D eigenvalue weighted by atomic mass is 16.5. The molecule has 0 atom stereocenters. The topological polar surface area (TPSA) is 39.9 Å². The average Bonchev–Trinajstić information content (AvgIpc) is 2.33. The molecule has 2 heterocycles. The summed E-state index contributed by atoms with van der Waals surface area (Å²) in [4.78, 5) is 0. The van der Waals surface area contributed by atoms with Crippen molar-refractivity contribution in [2.45, 2.75) is 13.0 Å². The molecule has 0 fully saturated rings. The Morgan fingerprint density at radius 1 is 1.67 bits per heavy atom. The van der Waals surface area contributed by atoms with Gasteiger partial charge < -0.3 is 4.74 Å². The van der Waals surface area contributed by atoms with E-state index < -0.39 is 0 Å². The fourth-order valence-corrected chi connectivity index (χ4v) is 0.906. The van der Waals surface area contributed by atoms with E-state index in [1.54, 1.807) is 10.9 Å². The highest BCUT2D eigenvalue weighted by molar-refractivity contribution is 5.02. The molecule has 4 nitrogen and oxygen atoms in total. The van der Waals surface area contributed by atoms with Crippen LogP contribution in [0.25, 0.3) is 0 Å². The Kier molecular flexibility index (Phi) is 0.913. The summed E-state index contributed by atoms with van der Waals surface area (Å²) in [5, 5.41) is 7.49. The number of aryl methyl sites for hydroxylation is 1. The van der Waals surface area contributed by atoms with Crippen LogP contribution >= 0.6 is 0 Å². The first-order chi connectivity index (χ1) is 4.47. The number of hydrogen-bond donors (Lipinski definition) is 0. The smallest absolute Gasteiger partial charge is 0.232 e. The third kappa shape index (κ3) is 0.667. The molecule has 0 saturated carbocycles. The molecule has 0 saturated heterocycles. The van der Waals surface area contributed by atoms with Crippen LogP contribution in [0.1, 0.15) is 6.42 Å². The van der Waals surface area contributed by atoms with Gasteiger partial charge in [0, 0.05) is 13.0 Å². The molecule has 0 N–H and O–H groups in total. The molecule has 0 radical (unpaired) electrons. The van der Waals surface area contributed by atoms with E-state index in [1.165, 1.54) is 0 Å². The van der Waals surface area contributed by atoms with Crippen molar-refractivity contribution in [3.8, 4) is 5.88 Å². The summed E-state index contributed by atoms with van der Waals surface area (Å²) in [6.07, 6.45) is 2.68. The van der Waals surface area contributed by atoms with Crippen LogP contribution in [-0.4, -0.2) is 21.6 Å². The van der Waals surface area contributed by atoms with Gasteiger partial charge in [0.1, 0.15) is 6.20 Å². The van der Waals surface area contributed by atoms with Gasteiger partial charge in [-0.25, -0.2) is 4.68 Å². The summed E-state index contributed by atoms with van der Waals surface area (Å²) in [6, 6.07) is 0. The Bertz CT molecular complexity index is 187. The summed E-state index contributed by atoms with van der Waals surface area (Å²) in [5.41, 5.74) is 0. The predicted molar refractivity (Wildman–Crippen MR) is 30.1 cm³/mol. The van der Waals surface area contributed by atoms with Crippen LogP contribution in [-0.2, 0) is 6.54 Å². The summed E-state index contributed by atoms with van der Waals surface area (Å²) in [5.74, 6) is 0.793. The second-order valence-corrected chi connectivity index (χ2v) is 2.00. The van der Waals surface area contributed by atoms with E-state index in [9.17, 15) is 0 Å². The van der Waals surface area contributed by atoms with Gasteiger partial charge in [-0.2, -0.15) is 0 Å². The predicted octanol–water partition coefficient (Wildman–Crippen LogP) is 0.0606. The zero-order chi connectivity index (χ0) is 6.10. The van der Waals surface area contributed by atoms with E-state index in [2.05, 4.69) is 10.3 Å². The van der Waals surface area contributed by atoms with Crippen LogP contribution in [0.3, 0.4) is 0 Å². The normalized spacial score (nSPS) is 16.4. The molecule has 1 aromatic heterocycles. The van der Waals surface area contributed by atoms with Crippen LogP contribution in [0.5, 0.6) is 5.88 Å². The summed E-state index contributed by atoms with van der Waals surface area (Å²) in [6.45, 7) is 1.74. The van der Waals surface area contributed by atoms with Crippen molar-refractivity contribution in [1.82, 2.24) is 15.0 Å². The first kappa shape index (κ1) is 4.78. The Balaban J connectivity index is 2.39. The quantitative estimate of drug-likeness (QED) is 0.492. The average molecular weight is 125 g/mol. The van der Waals surface area contributed by atoms with Gasteiger partial charge in [0.05, 0.1) is 6.61 Å². The van der Waals surface area contributed by atoms with Crippen LogP contribution in [0.15, 0.2) is 6.20 Å². The van der Waals surface area contributed by atoms with Gasteiger partial charge in [0.15, 0.2) is 0 Å². The Morgan fingerprint density at radius 2 is 2.67 bits per heavy atom. The van der Waals surface area contributed by atoms with Gasteiger partial charge in [-0.1, -0.05) is 5.21 Å². The van der Waals surface area contributed by atoms with Gasteiger partial charge in [-0.05, 0) is 0 Å². The molecule has 0 bridgehead atoms. The molecule has 0 spiro atoms. The van der Waals surface area contributed by atoms with Crippen molar-refractivity contribution in [2.24, 2.45) is 0 Å². The van der Waals surface area contributed by atoms with Crippen LogP contribution in [0, 0.1) is 0 Å². The Morgan fingerprint density at radius 3 is 3.56 bits per heavy atom. The number of hydrogen-bond acceptors (Lipinski definition) is 3. The van der Waals surface area contributed by atoms with Crippen molar-refractivity contribution >= 4 is 0 Å². The fraction of sp³-hybridized carbons (Fsp3) is 0.600. The Labute approximate surface area is 52.4 Å². The fourth-order valence-electron chi connectivity index (χ4n) is 0.906. The Hall–Kier alpha value is -1.06. The maximum Gasteiger partial charge on any atom is 0.232 e. The van der Waals surface area contributed by atoms with Crippen molar-refractivity contribution in [3.63, 3.8) is 0 Å². The zero-order valence-corrected chi connectivity index (χ0v) is 4.95. The van der Waals surface area contributed by atoms with Gasteiger partial charge in [0.25, 0.3) is 0 Å². The van der Waals surface area contributed by atoms with E-state index in [0.29, 0.717) is 0 Å². The summed E-state index contributed by atoms with van der Waals surface area (Å²) >= 11 is 0. The molecular weight excluding hydrogens is 118 g/mol. The molecular formula is C5H7N3O. The first-order valence-corrected chi connectivity index (χ1v) is 2.98. The summed E-state index contributed by atoms with van der Waals surface area (Å²) in [7, 11) is 0. The lowest BCUT2D eigenvalue weighted by Gasteiger charge is -2.12. The number of aromatic nitrogens is 3. The lowest BCUT2D eigenvalue weighted by atomic mass is 10.4. The minimum absolute atomic E-state index is 0.793. The highest BCUT2D eigenvalue weighted by Crippen LogP contribution is 2.12. The molecule has 1 aromatic rings. The SMILES string of the molecule is c1nnn2c1OCCC2. The van der Waals surface area contributed by atoms with E-state index in [-0.39, 0.29) is 0 Å². The zero-order valence-electron chi connectivity index (χ0n) is 4.95. The largest absolute Gasteiger partial charge is 0.477 e. The lowest BCUT2D eigenvalue weighted by Crippen LogP contribution is -2.14. The third-order valence-corrected chi connectivity index (χ3v) is 1.35. The lowest BCUT2D eigenvalue weighted by molar-refractivity contribution is 0.230. The molecule has 1 aliphatic rings. The van der Waals surface area contributed by atoms with E-state index in [4.69, 9.17) is 4.74 Å². The maximum atomic E-state index is 5.20. The van der Waals surface area contributed by atoms with E-state index in [1.807, 2.05) is 0 Å². The second-order valence-electron chi connectivity index (χ2n) is 2.00. The molecule has 0 aliphatic carbocycles. The van der Waals surface area contributed by atoms with E-state index in [0.717, 1.165) is 25.5 Å².